The molecule has 3 heterocycles. The van der Waals surface area contributed by atoms with Gasteiger partial charge in [-0.1, -0.05) is 31.0 Å². The summed E-state index contributed by atoms with van der Waals surface area (Å²) in [6.45, 7) is 2.78. The number of carbonyl (C=O) groups excluding carboxylic acids is 1. The third-order valence-electron chi connectivity index (χ3n) is 3.43. The highest BCUT2D eigenvalue weighted by atomic mass is 35.5. The minimum atomic E-state index is -0.192. The van der Waals surface area contributed by atoms with Gasteiger partial charge in [-0.15, -0.1) is 11.3 Å². The molecule has 1 N–H and O–H groups in total. The molecule has 0 fully saturated rings. The molecule has 0 bridgehead atoms. The van der Waals surface area contributed by atoms with Gasteiger partial charge in [-0.25, -0.2) is 9.97 Å². The van der Waals surface area contributed by atoms with Crippen molar-refractivity contribution in [3.05, 3.63) is 39.4 Å². The van der Waals surface area contributed by atoms with Crippen molar-refractivity contribution in [2.24, 2.45) is 0 Å². The maximum atomic E-state index is 12.8. The third-order valence-corrected chi connectivity index (χ3v) is 4.64. The van der Waals surface area contributed by atoms with Crippen LogP contribution in [0.25, 0.3) is 0 Å². The van der Waals surface area contributed by atoms with Crippen LogP contribution in [0.15, 0.2) is 23.8 Å². The summed E-state index contributed by atoms with van der Waals surface area (Å²) < 4.78 is 0. The molecule has 2 aromatic heterocycles. The topological polar surface area (TPSA) is 58.1 Å². The van der Waals surface area contributed by atoms with Gasteiger partial charge < -0.3 is 10.2 Å². The van der Waals surface area contributed by atoms with Crippen LogP contribution in [0.4, 0.5) is 5.82 Å². The molecule has 5 nitrogen and oxygen atoms in total. The second-order valence-corrected chi connectivity index (χ2v) is 6.14. The number of carbonyl (C=O) groups is 1. The highest BCUT2D eigenvalue weighted by molar-refractivity contribution is 7.10. The first-order chi connectivity index (χ1) is 10.2. The Morgan fingerprint density at radius 1 is 1.48 bits per heavy atom. The molecule has 0 aromatic carbocycles. The average Bonchev–Trinajstić information content (AvgIpc) is 3.00. The number of anilines is 1. The average molecular weight is 323 g/mol. The monoisotopic (exact) mass is 322 g/mol. The van der Waals surface area contributed by atoms with Crippen LogP contribution in [0.2, 0.25) is 5.15 Å². The number of hydrogen-bond donors (Lipinski definition) is 1. The van der Waals surface area contributed by atoms with Gasteiger partial charge in [0.05, 0.1) is 0 Å². The predicted octanol–water partition coefficient (Wildman–Crippen LogP) is 3.56. The zero-order chi connectivity index (χ0) is 14.8. The molecule has 0 saturated heterocycles. The van der Waals surface area contributed by atoms with Crippen LogP contribution < -0.4 is 5.32 Å². The van der Waals surface area contributed by atoms with Gasteiger partial charge in [-0.05, 0) is 17.9 Å². The highest BCUT2D eigenvalue weighted by Crippen LogP contribution is 2.35. The quantitative estimate of drug-likeness (QED) is 0.874. The van der Waals surface area contributed by atoms with Gasteiger partial charge in [0.25, 0.3) is 5.91 Å². The van der Waals surface area contributed by atoms with Gasteiger partial charge in [0.1, 0.15) is 29.0 Å². The first-order valence-corrected chi connectivity index (χ1v) is 8.09. The molecule has 0 aliphatic carbocycles. The van der Waals surface area contributed by atoms with Crippen molar-refractivity contribution >= 4 is 34.7 Å². The number of unbranched alkanes of at least 4 members (excludes halogenated alkanes) is 1. The van der Waals surface area contributed by atoms with E-state index < -0.39 is 0 Å². The fourth-order valence-corrected chi connectivity index (χ4v) is 3.36. The number of rotatable bonds is 4. The largest absolute Gasteiger partial charge is 0.345 e. The van der Waals surface area contributed by atoms with Crippen LogP contribution >= 0.6 is 22.9 Å². The van der Waals surface area contributed by atoms with Crippen molar-refractivity contribution in [2.45, 2.75) is 25.9 Å². The zero-order valence-corrected chi connectivity index (χ0v) is 13.1. The number of aromatic nitrogens is 2. The summed E-state index contributed by atoms with van der Waals surface area (Å²) in [4.78, 5) is 23.7. The number of thiophene rings is 1. The molecular weight excluding hydrogens is 308 g/mol. The van der Waals surface area contributed by atoms with Crippen molar-refractivity contribution in [1.82, 2.24) is 14.9 Å². The van der Waals surface area contributed by atoms with E-state index in [1.807, 2.05) is 22.4 Å². The lowest BCUT2D eigenvalue weighted by molar-refractivity contribution is 0.0681. The number of nitrogens with one attached hydrogen (secondary N) is 1. The summed E-state index contributed by atoms with van der Waals surface area (Å²) in [6.07, 6.45) is 3.14. The minimum Gasteiger partial charge on any atom is -0.345 e. The normalized spacial score (nSPS) is 17.5. The van der Waals surface area contributed by atoms with E-state index in [1.165, 1.54) is 6.33 Å². The Morgan fingerprint density at radius 2 is 2.33 bits per heavy atom. The van der Waals surface area contributed by atoms with E-state index >= 15 is 0 Å². The van der Waals surface area contributed by atoms with Crippen LogP contribution in [0, 0.1) is 0 Å². The fourth-order valence-electron chi connectivity index (χ4n) is 2.36. The third kappa shape index (κ3) is 2.61. The van der Waals surface area contributed by atoms with E-state index in [0.717, 1.165) is 17.7 Å². The summed E-state index contributed by atoms with van der Waals surface area (Å²) in [5, 5.41) is 5.51. The molecule has 1 unspecified atom stereocenters. The maximum absolute atomic E-state index is 12.8. The molecule has 1 atom stereocenters. The fraction of sp³-hybridized carbons (Fsp3) is 0.357. The van der Waals surface area contributed by atoms with Crippen LogP contribution in [0.3, 0.4) is 0 Å². The molecule has 3 rings (SSSR count). The summed E-state index contributed by atoms with van der Waals surface area (Å²) in [5.41, 5.74) is 0.364. The second kappa shape index (κ2) is 5.99. The van der Waals surface area contributed by atoms with Gasteiger partial charge in [-0.3, -0.25) is 4.79 Å². The number of halogens is 1. The Labute approximate surface area is 132 Å². The molecular formula is C14H15ClN4OS. The van der Waals surface area contributed by atoms with Gasteiger partial charge in [0, 0.05) is 11.4 Å². The van der Waals surface area contributed by atoms with Crippen molar-refractivity contribution in [1.29, 1.82) is 0 Å². The lowest BCUT2D eigenvalue weighted by Gasteiger charge is -2.36. The van der Waals surface area contributed by atoms with E-state index in [0.29, 0.717) is 17.9 Å². The first kappa shape index (κ1) is 14.3. The predicted molar refractivity (Wildman–Crippen MR) is 83.7 cm³/mol. The smallest absolute Gasteiger partial charge is 0.262 e. The summed E-state index contributed by atoms with van der Waals surface area (Å²) in [6, 6.07) is 4.00. The minimum absolute atomic E-state index is 0.110. The molecule has 2 aromatic rings. The standard InChI is InChI=1S/C14H15ClN4OS/c1-2-3-6-19-13(9-5-4-7-21-9)18-12-10(14(19)20)11(15)16-8-17-12/h4-5,7-8,13H,2-3,6H2,1H3,(H,16,17,18). The van der Waals surface area contributed by atoms with Crippen molar-refractivity contribution in [3.8, 4) is 0 Å². The molecule has 1 amide bonds. The van der Waals surface area contributed by atoms with E-state index in [2.05, 4.69) is 22.2 Å². The molecule has 110 valence electrons. The van der Waals surface area contributed by atoms with Crippen LogP contribution in [-0.4, -0.2) is 27.3 Å². The zero-order valence-electron chi connectivity index (χ0n) is 11.5. The molecule has 0 radical (unpaired) electrons. The molecule has 1 aliphatic heterocycles. The van der Waals surface area contributed by atoms with Crippen molar-refractivity contribution < 1.29 is 4.79 Å². The van der Waals surface area contributed by atoms with Gasteiger partial charge in [0.2, 0.25) is 0 Å². The Hall–Kier alpha value is -1.66. The number of hydrogen-bond acceptors (Lipinski definition) is 5. The van der Waals surface area contributed by atoms with Crippen LogP contribution in [0.5, 0.6) is 0 Å². The van der Waals surface area contributed by atoms with E-state index in [-0.39, 0.29) is 17.2 Å². The second-order valence-electron chi connectivity index (χ2n) is 4.80. The Kier molecular flexibility index (Phi) is 4.07. The Morgan fingerprint density at radius 3 is 3.05 bits per heavy atom. The maximum Gasteiger partial charge on any atom is 0.262 e. The molecule has 21 heavy (non-hydrogen) atoms. The van der Waals surface area contributed by atoms with Crippen LogP contribution in [-0.2, 0) is 0 Å². The summed E-state index contributed by atoms with van der Waals surface area (Å²) in [5.74, 6) is 0.396. The van der Waals surface area contributed by atoms with Gasteiger partial charge in [-0.2, -0.15) is 0 Å². The number of amides is 1. The van der Waals surface area contributed by atoms with Crippen LogP contribution in [0.1, 0.15) is 41.2 Å². The lowest BCUT2D eigenvalue weighted by Crippen LogP contribution is -2.43. The highest BCUT2D eigenvalue weighted by Gasteiger charge is 2.35. The molecule has 0 spiro atoms. The van der Waals surface area contributed by atoms with E-state index in [9.17, 15) is 4.79 Å². The SMILES string of the molecule is CCCCN1C(=O)c2c(Cl)ncnc2NC1c1cccs1. The Bertz CT molecular complexity index is 646. The molecule has 7 heteroatoms. The summed E-state index contributed by atoms with van der Waals surface area (Å²) >= 11 is 7.69. The van der Waals surface area contributed by atoms with Crippen molar-refractivity contribution in [3.63, 3.8) is 0 Å². The van der Waals surface area contributed by atoms with Crippen molar-refractivity contribution in [2.75, 3.05) is 11.9 Å². The number of nitrogens with zero attached hydrogens (tertiary/aromatic N) is 3. The molecule has 1 aliphatic rings. The Balaban J connectivity index is 2.02. The van der Waals surface area contributed by atoms with Gasteiger partial charge >= 0.3 is 0 Å². The molecule has 0 saturated carbocycles. The van der Waals surface area contributed by atoms with E-state index in [4.69, 9.17) is 11.6 Å². The van der Waals surface area contributed by atoms with Gasteiger partial charge in [0.15, 0.2) is 0 Å². The van der Waals surface area contributed by atoms with E-state index in [1.54, 1.807) is 11.3 Å². The lowest BCUT2D eigenvalue weighted by atomic mass is 10.1. The first-order valence-electron chi connectivity index (χ1n) is 6.83. The summed E-state index contributed by atoms with van der Waals surface area (Å²) in [7, 11) is 0. The number of fused-ring (bicyclic) bond motifs is 1.